The number of carbonyl (C=O) groups is 1. The van der Waals surface area contributed by atoms with Crippen molar-refractivity contribution < 1.29 is 4.79 Å². The van der Waals surface area contributed by atoms with Gasteiger partial charge in [-0.05, 0) is 44.0 Å². The lowest BCUT2D eigenvalue weighted by Gasteiger charge is -2.33. The molecule has 1 saturated heterocycles. The topological polar surface area (TPSA) is 63.4 Å². The lowest BCUT2D eigenvalue weighted by molar-refractivity contribution is 0.0705. The van der Waals surface area contributed by atoms with Gasteiger partial charge in [0.05, 0.1) is 16.3 Å². The first-order valence-corrected chi connectivity index (χ1v) is 9.20. The van der Waals surface area contributed by atoms with Crippen molar-refractivity contribution in [1.29, 1.82) is 0 Å². The van der Waals surface area contributed by atoms with Gasteiger partial charge in [0.15, 0.2) is 0 Å². The van der Waals surface area contributed by atoms with Gasteiger partial charge in [-0.3, -0.25) is 4.79 Å². The molecule has 4 rings (SSSR count). The summed E-state index contributed by atoms with van der Waals surface area (Å²) in [6.45, 7) is 3.26. The lowest BCUT2D eigenvalue weighted by atomic mass is 9.93. The highest BCUT2D eigenvalue weighted by Gasteiger charge is 2.28. The van der Waals surface area contributed by atoms with E-state index in [9.17, 15) is 4.79 Å². The molecule has 0 aliphatic carbocycles. The van der Waals surface area contributed by atoms with E-state index in [1.54, 1.807) is 22.7 Å². The molecular weight excluding hydrogens is 373 g/mol. The Morgan fingerprint density at radius 2 is 2.12 bits per heavy atom. The first kappa shape index (κ1) is 17.2. The van der Waals surface area contributed by atoms with Gasteiger partial charge in [0.25, 0.3) is 11.7 Å². The zero-order valence-electron chi connectivity index (χ0n) is 14.2. The zero-order valence-corrected chi connectivity index (χ0v) is 15.7. The summed E-state index contributed by atoms with van der Waals surface area (Å²) in [4.78, 5) is 23.4. The van der Waals surface area contributed by atoms with Gasteiger partial charge in [0.2, 0.25) is 0 Å². The number of aryl methyl sites for hydroxylation is 1. The molecule has 1 aliphatic rings. The molecule has 3 heterocycles. The number of benzene rings is 1. The highest BCUT2D eigenvalue weighted by molar-refractivity contribution is 6.36. The summed E-state index contributed by atoms with van der Waals surface area (Å²) in [6, 6.07) is 6.99. The van der Waals surface area contributed by atoms with Crippen molar-refractivity contribution in [2.45, 2.75) is 25.7 Å². The average Bonchev–Trinajstić information content (AvgIpc) is 3.09. The second-order valence-corrected chi connectivity index (χ2v) is 7.35. The highest BCUT2D eigenvalue weighted by Crippen LogP contribution is 2.29. The van der Waals surface area contributed by atoms with E-state index in [1.165, 1.54) is 6.33 Å². The number of rotatable bonds is 2. The number of fused-ring (bicyclic) bond motifs is 1. The maximum Gasteiger partial charge on any atom is 0.255 e. The molecular formula is C18H17Cl2N5O. The van der Waals surface area contributed by atoms with Crippen LogP contribution in [0.4, 0.5) is 0 Å². The van der Waals surface area contributed by atoms with E-state index >= 15 is 0 Å². The van der Waals surface area contributed by atoms with Crippen molar-refractivity contribution in [3.05, 3.63) is 57.6 Å². The number of hydrogen-bond donors (Lipinski definition) is 0. The summed E-state index contributed by atoms with van der Waals surface area (Å²) in [5.41, 5.74) is 2.41. The van der Waals surface area contributed by atoms with Gasteiger partial charge in [0.1, 0.15) is 6.33 Å². The Labute approximate surface area is 160 Å². The van der Waals surface area contributed by atoms with Gasteiger partial charge in [-0.25, -0.2) is 9.50 Å². The van der Waals surface area contributed by atoms with E-state index in [2.05, 4.69) is 15.1 Å². The van der Waals surface area contributed by atoms with Gasteiger partial charge in [-0.2, -0.15) is 10.1 Å². The third-order valence-electron chi connectivity index (χ3n) is 4.70. The van der Waals surface area contributed by atoms with Gasteiger partial charge in [-0.1, -0.05) is 23.2 Å². The summed E-state index contributed by atoms with van der Waals surface area (Å²) in [5.74, 6) is 0.686. The van der Waals surface area contributed by atoms with Crippen LogP contribution in [-0.2, 0) is 0 Å². The third kappa shape index (κ3) is 3.15. The molecule has 1 amide bonds. The van der Waals surface area contributed by atoms with Crippen molar-refractivity contribution in [1.82, 2.24) is 24.5 Å². The third-order valence-corrected chi connectivity index (χ3v) is 5.24. The molecule has 0 spiro atoms. The summed E-state index contributed by atoms with van der Waals surface area (Å²) in [5, 5.41) is 5.19. The zero-order chi connectivity index (χ0) is 18.3. The number of aromatic nitrogens is 4. The van der Waals surface area contributed by atoms with Crippen molar-refractivity contribution in [2.24, 2.45) is 0 Å². The van der Waals surface area contributed by atoms with Crippen LogP contribution in [0.15, 0.2) is 30.6 Å². The van der Waals surface area contributed by atoms with Crippen LogP contribution in [0, 0.1) is 6.92 Å². The molecule has 26 heavy (non-hydrogen) atoms. The first-order valence-electron chi connectivity index (χ1n) is 8.44. The van der Waals surface area contributed by atoms with Crippen LogP contribution < -0.4 is 0 Å². The Hall–Kier alpha value is -2.18. The molecule has 2 aromatic heterocycles. The fraction of sp³-hybridized carbons (Fsp3) is 0.333. The smallest absolute Gasteiger partial charge is 0.255 e. The Morgan fingerprint density at radius 1 is 1.27 bits per heavy atom. The molecule has 1 aliphatic heterocycles. The second-order valence-electron chi connectivity index (χ2n) is 6.51. The second kappa shape index (κ2) is 6.85. The number of carbonyl (C=O) groups excluding carboxylic acids is 1. The fourth-order valence-electron chi connectivity index (χ4n) is 3.49. The Kier molecular flexibility index (Phi) is 4.54. The van der Waals surface area contributed by atoms with E-state index in [4.69, 9.17) is 23.2 Å². The fourth-order valence-corrected chi connectivity index (χ4v) is 3.98. The number of piperidine rings is 1. The summed E-state index contributed by atoms with van der Waals surface area (Å²) < 4.78 is 1.76. The van der Waals surface area contributed by atoms with Crippen LogP contribution in [-0.4, -0.2) is 43.5 Å². The maximum atomic E-state index is 12.9. The molecule has 3 aromatic rings. The average molecular weight is 390 g/mol. The molecule has 134 valence electrons. The van der Waals surface area contributed by atoms with Gasteiger partial charge in [0, 0.05) is 29.7 Å². The van der Waals surface area contributed by atoms with Gasteiger partial charge >= 0.3 is 0 Å². The number of halogens is 2. The minimum Gasteiger partial charge on any atom is -0.338 e. The first-order chi connectivity index (χ1) is 12.5. The van der Waals surface area contributed by atoms with Gasteiger partial charge < -0.3 is 4.90 Å². The Morgan fingerprint density at radius 3 is 2.92 bits per heavy atom. The van der Waals surface area contributed by atoms with Crippen molar-refractivity contribution >= 4 is 34.9 Å². The summed E-state index contributed by atoms with van der Waals surface area (Å²) in [7, 11) is 0. The minimum atomic E-state index is -0.0722. The van der Waals surface area contributed by atoms with E-state index in [0.29, 0.717) is 34.5 Å². The molecule has 0 saturated carbocycles. The van der Waals surface area contributed by atoms with Crippen LogP contribution in [0.2, 0.25) is 10.0 Å². The molecule has 8 heteroatoms. The van der Waals surface area contributed by atoms with Crippen LogP contribution in [0.1, 0.15) is 40.5 Å². The predicted octanol–water partition coefficient (Wildman–Crippen LogP) is 3.76. The standard InChI is InChI=1S/C18H17Cl2N5O/c1-11-7-16(25-18(23-11)21-10-22-25)12-3-2-6-24(9-12)17(26)14-5-4-13(19)8-15(14)20/h4-5,7-8,10,12H,2-3,6,9H2,1H3. The largest absolute Gasteiger partial charge is 0.338 e. The number of nitrogens with zero attached hydrogens (tertiary/aromatic N) is 5. The normalized spacial score (nSPS) is 17.7. The number of hydrogen-bond acceptors (Lipinski definition) is 4. The maximum absolute atomic E-state index is 12.9. The molecule has 1 fully saturated rings. The van der Waals surface area contributed by atoms with E-state index in [1.807, 2.05) is 17.9 Å². The monoisotopic (exact) mass is 389 g/mol. The summed E-state index contributed by atoms with van der Waals surface area (Å²) in [6.07, 6.45) is 3.40. The van der Waals surface area contributed by atoms with Crippen molar-refractivity contribution in [3.8, 4) is 0 Å². The molecule has 0 radical (unpaired) electrons. The number of likely N-dealkylation sites (tertiary alicyclic amines) is 1. The highest BCUT2D eigenvalue weighted by atomic mass is 35.5. The molecule has 0 N–H and O–H groups in total. The predicted molar refractivity (Wildman–Crippen MR) is 99.9 cm³/mol. The molecule has 1 unspecified atom stereocenters. The van der Waals surface area contributed by atoms with Gasteiger partial charge in [-0.15, -0.1) is 0 Å². The Bertz CT molecular complexity index is 987. The van der Waals surface area contributed by atoms with Crippen LogP contribution in [0.3, 0.4) is 0 Å². The SMILES string of the molecule is Cc1cc(C2CCCN(C(=O)c3ccc(Cl)cc3Cl)C2)n2ncnc2n1. The number of amides is 1. The van der Waals surface area contributed by atoms with Crippen LogP contribution in [0.25, 0.3) is 5.78 Å². The van der Waals surface area contributed by atoms with E-state index < -0.39 is 0 Å². The summed E-state index contributed by atoms with van der Waals surface area (Å²) >= 11 is 12.2. The van der Waals surface area contributed by atoms with Crippen LogP contribution >= 0.6 is 23.2 Å². The Balaban J connectivity index is 1.63. The van der Waals surface area contributed by atoms with Crippen molar-refractivity contribution in [3.63, 3.8) is 0 Å². The molecule has 1 atom stereocenters. The lowest BCUT2D eigenvalue weighted by Crippen LogP contribution is -2.39. The molecule has 1 aromatic carbocycles. The van der Waals surface area contributed by atoms with Crippen molar-refractivity contribution in [2.75, 3.05) is 13.1 Å². The van der Waals surface area contributed by atoms with Crippen LogP contribution in [0.5, 0.6) is 0 Å². The minimum absolute atomic E-state index is 0.0722. The molecule has 6 nitrogen and oxygen atoms in total. The van der Waals surface area contributed by atoms with E-state index in [-0.39, 0.29) is 11.8 Å². The van der Waals surface area contributed by atoms with E-state index in [0.717, 1.165) is 24.2 Å². The molecule has 0 bridgehead atoms. The quantitative estimate of drug-likeness (QED) is 0.669.